The maximum atomic E-state index is 12.0. The second kappa shape index (κ2) is 5.73. The van der Waals surface area contributed by atoms with Gasteiger partial charge in [0.1, 0.15) is 4.88 Å². The van der Waals surface area contributed by atoms with E-state index in [0.717, 1.165) is 0 Å². The number of carboxylic acids is 1. The molecule has 1 heterocycles. The summed E-state index contributed by atoms with van der Waals surface area (Å²) in [7, 11) is 0. The Morgan fingerprint density at radius 1 is 1.32 bits per heavy atom. The van der Waals surface area contributed by atoms with Crippen molar-refractivity contribution in [3.63, 3.8) is 0 Å². The van der Waals surface area contributed by atoms with Crippen LogP contribution in [0, 0.1) is 0 Å². The van der Waals surface area contributed by atoms with Gasteiger partial charge in [0.05, 0.1) is 16.3 Å². The molecule has 0 aliphatic carbocycles. The highest BCUT2D eigenvalue weighted by atomic mass is 79.9. The standard InChI is InChI=1S/C12H7BrClNO3S/c13-7-4-5-19-10(7)11(16)15-9-6(12(17)18)2-1-3-8(9)14/h1-5H,(H,15,16)(H,17,18). The van der Waals surface area contributed by atoms with Crippen molar-refractivity contribution in [3.05, 3.63) is 49.6 Å². The first-order valence-corrected chi connectivity index (χ1v) is 7.12. The van der Waals surface area contributed by atoms with Gasteiger partial charge in [-0.2, -0.15) is 0 Å². The molecule has 0 unspecified atom stereocenters. The van der Waals surface area contributed by atoms with Crippen LogP contribution in [0.4, 0.5) is 5.69 Å². The van der Waals surface area contributed by atoms with Crippen LogP contribution in [0.3, 0.4) is 0 Å². The van der Waals surface area contributed by atoms with E-state index in [1.165, 1.54) is 29.5 Å². The summed E-state index contributed by atoms with van der Waals surface area (Å²) in [5.74, 6) is -1.56. The van der Waals surface area contributed by atoms with Crippen molar-refractivity contribution in [2.24, 2.45) is 0 Å². The van der Waals surface area contributed by atoms with Gasteiger partial charge in [0.15, 0.2) is 0 Å². The third-order valence-electron chi connectivity index (χ3n) is 2.31. The zero-order valence-corrected chi connectivity index (χ0v) is 12.5. The number of halogens is 2. The summed E-state index contributed by atoms with van der Waals surface area (Å²) in [6.45, 7) is 0. The first-order valence-electron chi connectivity index (χ1n) is 5.07. The van der Waals surface area contributed by atoms with Gasteiger partial charge in [0.25, 0.3) is 5.91 Å². The lowest BCUT2D eigenvalue weighted by atomic mass is 10.1. The number of aromatic carboxylic acids is 1. The number of carbonyl (C=O) groups excluding carboxylic acids is 1. The summed E-state index contributed by atoms with van der Waals surface area (Å²) in [5.41, 5.74) is 0.0514. The number of hydrogen-bond acceptors (Lipinski definition) is 3. The van der Waals surface area contributed by atoms with Crippen molar-refractivity contribution in [3.8, 4) is 0 Å². The van der Waals surface area contributed by atoms with Crippen LogP contribution < -0.4 is 5.32 Å². The predicted molar refractivity (Wildman–Crippen MR) is 78.4 cm³/mol. The molecule has 0 bridgehead atoms. The first-order chi connectivity index (χ1) is 9.00. The van der Waals surface area contributed by atoms with E-state index in [4.69, 9.17) is 16.7 Å². The molecular weight excluding hydrogens is 354 g/mol. The van der Waals surface area contributed by atoms with E-state index >= 15 is 0 Å². The summed E-state index contributed by atoms with van der Waals surface area (Å²) in [6.07, 6.45) is 0. The molecule has 0 radical (unpaired) electrons. The molecule has 4 nitrogen and oxygen atoms in total. The number of para-hydroxylation sites is 1. The molecule has 0 fully saturated rings. The number of amides is 1. The van der Waals surface area contributed by atoms with E-state index < -0.39 is 11.9 Å². The van der Waals surface area contributed by atoms with E-state index in [1.54, 1.807) is 11.4 Å². The second-order valence-corrected chi connectivity index (χ2v) is 5.70. The Bertz CT molecular complexity index is 656. The topological polar surface area (TPSA) is 66.4 Å². The van der Waals surface area contributed by atoms with Crippen molar-refractivity contribution in [2.75, 3.05) is 5.32 Å². The molecule has 2 N–H and O–H groups in total. The number of carbonyl (C=O) groups is 2. The van der Waals surface area contributed by atoms with Crippen molar-refractivity contribution < 1.29 is 14.7 Å². The van der Waals surface area contributed by atoms with Crippen molar-refractivity contribution >= 4 is 56.4 Å². The highest BCUT2D eigenvalue weighted by Gasteiger charge is 2.18. The van der Waals surface area contributed by atoms with Gasteiger partial charge >= 0.3 is 5.97 Å². The van der Waals surface area contributed by atoms with Gasteiger partial charge in [0, 0.05) is 4.47 Å². The monoisotopic (exact) mass is 359 g/mol. The van der Waals surface area contributed by atoms with Crippen LogP contribution in [0.15, 0.2) is 34.1 Å². The molecule has 19 heavy (non-hydrogen) atoms. The zero-order valence-electron chi connectivity index (χ0n) is 9.31. The van der Waals surface area contributed by atoms with Crippen LogP contribution in [-0.4, -0.2) is 17.0 Å². The molecule has 0 saturated heterocycles. The normalized spacial score (nSPS) is 10.2. The average molecular weight is 361 g/mol. The van der Waals surface area contributed by atoms with Crippen LogP contribution >= 0.6 is 38.9 Å². The molecule has 0 spiro atoms. The number of nitrogens with one attached hydrogen (secondary N) is 1. The minimum absolute atomic E-state index is 0.0477. The van der Waals surface area contributed by atoms with Gasteiger partial charge in [-0.25, -0.2) is 4.79 Å². The minimum atomic E-state index is -1.15. The van der Waals surface area contributed by atoms with Crippen molar-refractivity contribution in [1.82, 2.24) is 0 Å². The molecule has 2 rings (SSSR count). The second-order valence-electron chi connectivity index (χ2n) is 3.52. The maximum Gasteiger partial charge on any atom is 0.337 e. The van der Waals surface area contributed by atoms with Gasteiger partial charge < -0.3 is 10.4 Å². The maximum absolute atomic E-state index is 12.0. The molecule has 0 saturated carbocycles. The Labute approximate surface area is 126 Å². The highest BCUT2D eigenvalue weighted by molar-refractivity contribution is 9.10. The van der Waals surface area contributed by atoms with E-state index in [9.17, 15) is 9.59 Å². The Hall–Kier alpha value is -1.37. The summed E-state index contributed by atoms with van der Waals surface area (Å²) in [4.78, 5) is 23.6. The third kappa shape index (κ3) is 2.97. The molecular formula is C12H7BrClNO3S. The van der Waals surface area contributed by atoms with Gasteiger partial charge in [-0.3, -0.25) is 4.79 Å². The Kier molecular flexibility index (Phi) is 4.24. The molecule has 1 amide bonds. The van der Waals surface area contributed by atoms with Gasteiger partial charge in [-0.05, 0) is 39.5 Å². The zero-order chi connectivity index (χ0) is 14.0. The summed E-state index contributed by atoms with van der Waals surface area (Å²) >= 11 is 10.4. The SMILES string of the molecule is O=C(O)c1cccc(Cl)c1NC(=O)c1sccc1Br. The number of anilines is 1. The largest absolute Gasteiger partial charge is 0.478 e. The van der Waals surface area contributed by atoms with Gasteiger partial charge in [0.2, 0.25) is 0 Å². The minimum Gasteiger partial charge on any atom is -0.478 e. The van der Waals surface area contributed by atoms with Crippen LogP contribution in [0.5, 0.6) is 0 Å². The molecule has 1 aromatic heterocycles. The number of rotatable bonds is 3. The molecule has 0 aliphatic rings. The fraction of sp³-hybridized carbons (Fsp3) is 0. The van der Waals surface area contributed by atoms with Crippen LogP contribution in [0.25, 0.3) is 0 Å². The van der Waals surface area contributed by atoms with E-state index in [2.05, 4.69) is 21.2 Å². The lowest BCUT2D eigenvalue weighted by Gasteiger charge is -2.09. The van der Waals surface area contributed by atoms with E-state index in [1.807, 2.05) is 0 Å². The number of hydrogen-bond donors (Lipinski definition) is 2. The first kappa shape index (κ1) is 14.0. The lowest BCUT2D eigenvalue weighted by Crippen LogP contribution is -2.14. The Morgan fingerprint density at radius 3 is 2.63 bits per heavy atom. The molecule has 0 atom stereocenters. The van der Waals surface area contributed by atoms with Crippen LogP contribution in [0.2, 0.25) is 5.02 Å². The summed E-state index contributed by atoms with van der Waals surface area (Å²) in [6, 6.07) is 6.16. The average Bonchev–Trinajstić information content (AvgIpc) is 2.77. The Morgan fingerprint density at radius 2 is 2.05 bits per heavy atom. The highest BCUT2D eigenvalue weighted by Crippen LogP contribution is 2.29. The Balaban J connectivity index is 2.36. The molecule has 2 aromatic rings. The summed E-state index contributed by atoms with van der Waals surface area (Å²) in [5, 5.41) is 13.5. The van der Waals surface area contributed by atoms with Crippen LogP contribution in [-0.2, 0) is 0 Å². The van der Waals surface area contributed by atoms with E-state index in [0.29, 0.717) is 9.35 Å². The number of thiophene rings is 1. The molecule has 1 aromatic carbocycles. The molecule has 98 valence electrons. The molecule has 0 aliphatic heterocycles. The van der Waals surface area contributed by atoms with Crippen LogP contribution in [0.1, 0.15) is 20.0 Å². The van der Waals surface area contributed by atoms with Crippen molar-refractivity contribution in [2.45, 2.75) is 0 Å². The van der Waals surface area contributed by atoms with Gasteiger partial charge in [-0.1, -0.05) is 17.7 Å². The fourth-order valence-corrected chi connectivity index (χ4v) is 3.12. The number of benzene rings is 1. The number of carboxylic acid groups (broad SMARTS) is 1. The third-order valence-corrected chi connectivity index (χ3v) is 4.46. The molecule has 7 heteroatoms. The predicted octanol–water partition coefficient (Wildman–Crippen LogP) is 4.11. The fourth-order valence-electron chi connectivity index (χ4n) is 1.46. The van der Waals surface area contributed by atoms with Crippen molar-refractivity contribution in [1.29, 1.82) is 0 Å². The quantitative estimate of drug-likeness (QED) is 0.865. The van der Waals surface area contributed by atoms with Gasteiger partial charge in [-0.15, -0.1) is 11.3 Å². The lowest BCUT2D eigenvalue weighted by molar-refractivity contribution is 0.0698. The summed E-state index contributed by atoms with van der Waals surface area (Å²) < 4.78 is 0.652. The van der Waals surface area contributed by atoms with E-state index in [-0.39, 0.29) is 16.3 Å². The smallest absolute Gasteiger partial charge is 0.337 e.